The van der Waals surface area contributed by atoms with Crippen LogP contribution >= 0.6 is 0 Å². The number of fused-ring (bicyclic) bond motifs is 1. The second kappa shape index (κ2) is 6.85. The van der Waals surface area contributed by atoms with Gasteiger partial charge in [-0.05, 0) is 12.1 Å². The normalized spacial score (nSPS) is 10.9. The Kier molecular flexibility index (Phi) is 4.90. The number of rotatable bonds is 8. The van der Waals surface area contributed by atoms with Gasteiger partial charge in [0.15, 0.2) is 0 Å². The molecular weight excluding hydrogens is 266 g/mol. The van der Waals surface area contributed by atoms with Gasteiger partial charge in [-0.2, -0.15) is 0 Å². The van der Waals surface area contributed by atoms with Crippen LogP contribution < -0.4 is 0 Å². The third-order valence-electron chi connectivity index (χ3n) is 3.18. The van der Waals surface area contributed by atoms with Crippen LogP contribution in [0.25, 0.3) is 5.65 Å². The van der Waals surface area contributed by atoms with Crippen LogP contribution in [0.3, 0.4) is 0 Å². The Balaban J connectivity index is 2.40. The molecule has 0 saturated carbocycles. The van der Waals surface area contributed by atoms with Crippen LogP contribution in [-0.2, 0) is 17.8 Å². The molecule has 21 heavy (non-hydrogen) atoms. The van der Waals surface area contributed by atoms with E-state index in [1.807, 2.05) is 40.9 Å². The molecule has 0 fully saturated rings. The molecule has 1 N–H and O–H groups in total. The molecule has 2 aromatic heterocycles. The van der Waals surface area contributed by atoms with Gasteiger partial charge in [0.25, 0.3) is 0 Å². The molecule has 2 heterocycles. The van der Waals surface area contributed by atoms with E-state index in [4.69, 9.17) is 5.11 Å². The maximum absolute atomic E-state index is 11.0. The standard InChI is InChI=1S/C16H19N3O2/c1-3-8-18(9-4-2)12-14-13(11-16(20)21)17-15-7-5-6-10-19(14)15/h3-7,10H,1-2,8-9,11-12H2,(H,20,21). The van der Waals surface area contributed by atoms with Gasteiger partial charge in [0, 0.05) is 25.8 Å². The summed E-state index contributed by atoms with van der Waals surface area (Å²) in [4.78, 5) is 17.6. The van der Waals surface area contributed by atoms with Crippen molar-refractivity contribution in [2.24, 2.45) is 0 Å². The first-order valence-electron chi connectivity index (χ1n) is 6.76. The minimum Gasteiger partial charge on any atom is -0.481 e. The number of carbonyl (C=O) groups is 1. The molecule has 0 aromatic carbocycles. The van der Waals surface area contributed by atoms with Crippen LogP contribution in [0.5, 0.6) is 0 Å². The van der Waals surface area contributed by atoms with Crippen molar-refractivity contribution in [3.8, 4) is 0 Å². The van der Waals surface area contributed by atoms with Gasteiger partial charge in [-0.25, -0.2) is 4.98 Å². The number of imidazole rings is 1. The van der Waals surface area contributed by atoms with E-state index < -0.39 is 5.97 Å². The van der Waals surface area contributed by atoms with E-state index in [-0.39, 0.29) is 6.42 Å². The van der Waals surface area contributed by atoms with Gasteiger partial charge in [-0.1, -0.05) is 18.2 Å². The van der Waals surface area contributed by atoms with Crippen molar-refractivity contribution in [1.82, 2.24) is 14.3 Å². The van der Waals surface area contributed by atoms with E-state index >= 15 is 0 Å². The summed E-state index contributed by atoms with van der Waals surface area (Å²) in [6.45, 7) is 9.52. The van der Waals surface area contributed by atoms with Crippen molar-refractivity contribution >= 4 is 11.6 Å². The van der Waals surface area contributed by atoms with Gasteiger partial charge in [0.1, 0.15) is 5.65 Å². The first-order valence-corrected chi connectivity index (χ1v) is 6.76. The molecular formula is C16H19N3O2. The molecule has 2 aromatic rings. The molecule has 0 radical (unpaired) electrons. The van der Waals surface area contributed by atoms with Crippen molar-refractivity contribution in [1.29, 1.82) is 0 Å². The number of hydrogen-bond acceptors (Lipinski definition) is 3. The van der Waals surface area contributed by atoms with Crippen molar-refractivity contribution in [3.05, 3.63) is 61.1 Å². The molecule has 0 aliphatic heterocycles. The molecule has 0 bridgehead atoms. The summed E-state index contributed by atoms with van der Waals surface area (Å²) < 4.78 is 1.94. The van der Waals surface area contributed by atoms with E-state index in [0.717, 1.165) is 11.3 Å². The van der Waals surface area contributed by atoms with Gasteiger partial charge in [-0.3, -0.25) is 9.69 Å². The molecule has 0 aliphatic carbocycles. The predicted octanol–water partition coefficient (Wildman–Crippen LogP) is 2.14. The third-order valence-corrected chi connectivity index (χ3v) is 3.18. The van der Waals surface area contributed by atoms with E-state index in [2.05, 4.69) is 23.0 Å². The SMILES string of the molecule is C=CCN(CC=C)Cc1c(CC(=O)O)nc2ccccn12. The summed E-state index contributed by atoms with van der Waals surface area (Å²) in [5.41, 5.74) is 2.27. The molecule has 0 atom stereocenters. The lowest BCUT2D eigenvalue weighted by Gasteiger charge is -2.19. The zero-order valence-electron chi connectivity index (χ0n) is 11.9. The summed E-state index contributed by atoms with van der Waals surface area (Å²) in [6.07, 6.45) is 5.48. The molecule has 0 amide bonds. The highest BCUT2D eigenvalue weighted by Crippen LogP contribution is 2.16. The zero-order valence-corrected chi connectivity index (χ0v) is 11.9. The fraction of sp³-hybridized carbons (Fsp3) is 0.250. The minimum absolute atomic E-state index is 0.0764. The summed E-state index contributed by atoms with van der Waals surface area (Å²) in [5.74, 6) is -0.876. The van der Waals surface area contributed by atoms with Crippen LogP contribution in [0.1, 0.15) is 11.4 Å². The maximum Gasteiger partial charge on any atom is 0.309 e. The second-order valence-corrected chi connectivity index (χ2v) is 4.78. The number of carboxylic acids is 1. The molecule has 0 spiro atoms. The average Bonchev–Trinajstić information content (AvgIpc) is 2.77. The van der Waals surface area contributed by atoms with E-state index in [1.165, 1.54) is 0 Å². The van der Waals surface area contributed by atoms with Crippen LogP contribution in [0.15, 0.2) is 49.7 Å². The summed E-state index contributed by atoms with van der Waals surface area (Å²) in [5, 5.41) is 9.06. The van der Waals surface area contributed by atoms with Crippen molar-refractivity contribution in [3.63, 3.8) is 0 Å². The topological polar surface area (TPSA) is 57.8 Å². The third kappa shape index (κ3) is 3.58. The van der Waals surface area contributed by atoms with Gasteiger partial charge < -0.3 is 9.51 Å². The fourth-order valence-electron chi connectivity index (χ4n) is 2.33. The Bertz CT molecular complexity index is 651. The van der Waals surface area contributed by atoms with Crippen molar-refractivity contribution in [2.45, 2.75) is 13.0 Å². The summed E-state index contributed by atoms with van der Waals surface area (Å²) in [6, 6.07) is 5.68. The number of carboxylic acid groups (broad SMARTS) is 1. The molecule has 0 aliphatic rings. The minimum atomic E-state index is -0.876. The maximum atomic E-state index is 11.0. The average molecular weight is 285 g/mol. The first kappa shape index (κ1) is 15.0. The lowest BCUT2D eigenvalue weighted by Crippen LogP contribution is -2.25. The number of aliphatic carboxylic acids is 1. The van der Waals surface area contributed by atoms with Crippen LogP contribution in [0.4, 0.5) is 0 Å². The molecule has 5 nitrogen and oxygen atoms in total. The van der Waals surface area contributed by atoms with Crippen molar-refractivity contribution < 1.29 is 9.90 Å². The molecule has 110 valence electrons. The van der Waals surface area contributed by atoms with Crippen LogP contribution in [0, 0.1) is 0 Å². The summed E-state index contributed by atoms with van der Waals surface area (Å²) >= 11 is 0. The Labute approximate surface area is 123 Å². The number of pyridine rings is 1. The monoisotopic (exact) mass is 285 g/mol. The van der Waals surface area contributed by atoms with E-state index in [9.17, 15) is 4.79 Å². The van der Waals surface area contributed by atoms with E-state index in [1.54, 1.807) is 0 Å². The Hall–Kier alpha value is -2.40. The number of aromatic nitrogens is 2. The highest BCUT2D eigenvalue weighted by atomic mass is 16.4. The van der Waals surface area contributed by atoms with Crippen molar-refractivity contribution in [2.75, 3.05) is 13.1 Å². The largest absolute Gasteiger partial charge is 0.481 e. The van der Waals surface area contributed by atoms with Gasteiger partial charge in [-0.15, -0.1) is 13.2 Å². The van der Waals surface area contributed by atoms with E-state index in [0.29, 0.717) is 25.3 Å². The Morgan fingerprint density at radius 2 is 2.05 bits per heavy atom. The molecule has 2 rings (SSSR count). The van der Waals surface area contributed by atoms with Gasteiger partial charge in [0.05, 0.1) is 17.8 Å². The smallest absolute Gasteiger partial charge is 0.309 e. The highest BCUT2D eigenvalue weighted by molar-refractivity contribution is 5.70. The lowest BCUT2D eigenvalue weighted by molar-refractivity contribution is -0.136. The quantitative estimate of drug-likeness (QED) is 0.755. The number of hydrogen-bond donors (Lipinski definition) is 1. The predicted molar refractivity (Wildman–Crippen MR) is 82.2 cm³/mol. The second-order valence-electron chi connectivity index (χ2n) is 4.78. The Morgan fingerprint density at radius 3 is 2.67 bits per heavy atom. The van der Waals surface area contributed by atoms with Crippen LogP contribution in [-0.4, -0.2) is 38.4 Å². The molecule has 0 unspecified atom stereocenters. The number of nitrogens with zero attached hydrogens (tertiary/aromatic N) is 3. The van der Waals surface area contributed by atoms with Gasteiger partial charge >= 0.3 is 5.97 Å². The highest BCUT2D eigenvalue weighted by Gasteiger charge is 2.16. The Morgan fingerprint density at radius 1 is 1.33 bits per heavy atom. The van der Waals surface area contributed by atoms with Crippen LogP contribution in [0.2, 0.25) is 0 Å². The lowest BCUT2D eigenvalue weighted by atomic mass is 10.2. The molecule has 5 heteroatoms. The summed E-state index contributed by atoms with van der Waals surface area (Å²) in [7, 11) is 0. The molecule has 0 saturated heterocycles. The fourth-order valence-corrected chi connectivity index (χ4v) is 2.33. The zero-order chi connectivity index (χ0) is 15.2. The van der Waals surface area contributed by atoms with Gasteiger partial charge in [0.2, 0.25) is 0 Å². The first-order chi connectivity index (χ1) is 10.2.